The highest BCUT2D eigenvalue weighted by molar-refractivity contribution is 7.99. The van der Waals surface area contributed by atoms with Crippen LogP contribution in [0.4, 0.5) is 8.78 Å². The van der Waals surface area contributed by atoms with E-state index in [0.717, 1.165) is 5.56 Å². The molecule has 0 fully saturated rings. The maximum atomic E-state index is 13.0. The number of aromatic nitrogens is 4. The number of para-hydroxylation sites is 2. The van der Waals surface area contributed by atoms with E-state index in [4.69, 9.17) is 0 Å². The van der Waals surface area contributed by atoms with Crippen molar-refractivity contribution in [2.75, 3.05) is 0 Å². The fourth-order valence-electron chi connectivity index (χ4n) is 2.91. The minimum absolute atomic E-state index is 0.0429. The van der Waals surface area contributed by atoms with Crippen molar-refractivity contribution in [3.63, 3.8) is 0 Å². The van der Waals surface area contributed by atoms with E-state index in [2.05, 4.69) is 10.1 Å². The van der Waals surface area contributed by atoms with Crippen molar-refractivity contribution in [1.82, 2.24) is 24.2 Å². The Hall–Kier alpha value is -2.42. The van der Waals surface area contributed by atoms with Gasteiger partial charge in [-0.05, 0) is 37.7 Å². The molecule has 0 aliphatic heterocycles. The molecule has 0 saturated carbocycles. The van der Waals surface area contributed by atoms with Gasteiger partial charge in [0, 0.05) is 31.4 Å². The zero-order valence-corrected chi connectivity index (χ0v) is 16.2. The number of aryl methyl sites for hydroxylation is 1. The highest BCUT2D eigenvalue weighted by Crippen LogP contribution is 2.28. The fourth-order valence-corrected chi connectivity index (χ4v) is 3.51. The topological polar surface area (TPSA) is 56.0 Å². The molecular weight excluding hydrogens is 372 g/mol. The lowest BCUT2D eigenvalue weighted by molar-refractivity contribution is -0.134. The van der Waals surface area contributed by atoms with Gasteiger partial charge < -0.3 is 9.47 Å². The van der Waals surface area contributed by atoms with Gasteiger partial charge in [-0.25, -0.2) is 4.98 Å². The van der Waals surface area contributed by atoms with Crippen LogP contribution in [-0.2, 0) is 24.9 Å². The number of halogens is 2. The average Bonchev–Trinajstić information content (AvgIpc) is 3.16. The van der Waals surface area contributed by atoms with Crippen LogP contribution in [0, 0.1) is 0 Å². The Bertz CT molecular complexity index is 937. The number of hydrogen-bond acceptors (Lipinski definition) is 4. The molecule has 144 valence electrons. The second-order valence-corrected chi connectivity index (χ2v) is 7.44. The number of nitrogens with zero attached hydrogens (tertiary/aromatic N) is 5. The SMILES string of the molecule is CC(C)N(Cc1cnn(C)c1)C(=O)Cn1c(SC(F)F)nc2ccccc21. The first-order valence-electron chi connectivity index (χ1n) is 8.52. The quantitative estimate of drug-likeness (QED) is 0.577. The number of hydrogen-bond donors (Lipinski definition) is 0. The van der Waals surface area contributed by atoms with Crippen molar-refractivity contribution in [1.29, 1.82) is 0 Å². The summed E-state index contributed by atoms with van der Waals surface area (Å²) in [6.07, 6.45) is 3.57. The summed E-state index contributed by atoms with van der Waals surface area (Å²) >= 11 is 0.355. The summed E-state index contributed by atoms with van der Waals surface area (Å²) in [5, 5.41) is 4.27. The molecule has 0 saturated heterocycles. The summed E-state index contributed by atoms with van der Waals surface area (Å²) in [7, 11) is 1.82. The normalized spacial score (nSPS) is 11.7. The maximum absolute atomic E-state index is 13.0. The van der Waals surface area contributed by atoms with Crippen LogP contribution in [-0.4, -0.2) is 41.9 Å². The third-order valence-corrected chi connectivity index (χ3v) is 4.86. The number of thioether (sulfide) groups is 1. The van der Waals surface area contributed by atoms with E-state index in [1.165, 1.54) is 0 Å². The Balaban J connectivity index is 1.88. The number of benzene rings is 1. The van der Waals surface area contributed by atoms with Crippen LogP contribution < -0.4 is 0 Å². The van der Waals surface area contributed by atoms with E-state index in [-0.39, 0.29) is 23.7 Å². The van der Waals surface area contributed by atoms with Gasteiger partial charge in [-0.3, -0.25) is 9.48 Å². The van der Waals surface area contributed by atoms with Crippen molar-refractivity contribution in [3.8, 4) is 0 Å². The number of rotatable bonds is 7. The predicted molar refractivity (Wildman–Crippen MR) is 100 cm³/mol. The van der Waals surface area contributed by atoms with Crippen LogP contribution in [0.1, 0.15) is 19.4 Å². The minimum atomic E-state index is -2.60. The van der Waals surface area contributed by atoms with E-state index < -0.39 is 5.76 Å². The Kier molecular flexibility index (Phi) is 5.79. The first-order valence-corrected chi connectivity index (χ1v) is 9.40. The lowest BCUT2D eigenvalue weighted by Crippen LogP contribution is -2.38. The zero-order valence-electron chi connectivity index (χ0n) is 15.3. The van der Waals surface area contributed by atoms with Crippen molar-refractivity contribution in [2.45, 2.75) is 43.9 Å². The second-order valence-electron chi connectivity index (χ2n) is 6.49. The molecule has 2 heterocycles. The van der Waals surface area contributed by atoms with Crippen LogP contribution in [0.25, 0.3) is 11.0 Å². The van der Waals surface area contributed by atoms with Crippen molar-refractivity contribution in [2.24, 2.45) is 7.05 Å². The van der Waals surface area contributed by atoms with E-state index in [1.807, 2.05) is 27.1 Å². The third kappa shape index (κ3) is 4.47. The molecule has 1 aromatic carbocycles. The van der Waals surface area contributed by atoms with Crippen molar-refractivity contribution >= 4 is 28.7 Å². The molecule has 27 heavy (non-hydrogen) atoms. The van der Waals surface area contributed by atoms with Crippen LogP contribution in [0.15, 0.2) is 41.8 Å². The third-order valence-electron chi connectivity index (χ3n) is 4.16. The van der Waals surface area contributed by atoms with Gasteiger partial charge >= 0.3 is 0 Å². The van der Waals surface area contributed by atoms with E-state index >= 15 is 0 Å². The number of carbonyl (C=O) groups excluding carboxylic acids is 1. The molecule has 0 unspecified atom stereocenters. The number of imidazole rings is 1. The molecule has 9 heteroatoms. The van der Waals surface area contributed by atoms with Crippen molar-refractivity contribution in [3.05, 3.63) is 42.2 Å². The highest BCUT2D eigenvalue weighted by Gasteiger charge is 2.22. The molecule has 1 amide bonds. The van der Waals surface area contributed by atoms with E-state index in [1.54, 1.807) is 44.6 Å². The van der Waals surface area contributed by atoms with Gasteiger partial charge in [0.05, 0.1) is 17.2 Å². The summed E-state index contributed by atoms with van der Waals surface area (Å²) < 4.78 is 29.1. The first kappa shape index (κ1) is 19.3. The molecular formula is C18H21F2N5OS. The van der Waals surface area contributed by atoms with Crippen LogP contribution >= 0.6 is 11.8 Å². The van der Waals surface area contributed by atoms with Gasteiger partial charge in [0.2, 0.25) is 5.91 Å². The maximum Gasteiger partial charge on any atom is 0.291 e. The standard InChI is InChI=1S/C18H21F2N5OS/c1-12(2)24(10-13-8-21-23(3)9-13)16(26)11-25-15-7-5-4-6-14(15)22-18(25)27-17(19)20/h4-9,12,17H,10-11H2,1-3H3. The molecule has 3 rings (SSSR count). The molecule has 3 aromatic rings. The average molecular weight is 393 g/mol. The molecule has 0 spiro atoms. The first-order chi connectivity index (χ1) is 12.8. The lowest BCUT2D eigenvalue weighted by atomic mass is 10.2. The van der Waals surface area contributed by atoms with Gasteiger partial charge in [-0.2, -0.15) is 13.9 Å². The summed E-state index contributed by atoms with van der Waals surface area (Å²) in [4.78, 5) is 19.0. The summed E-state index contributed by atoms with van der Waals surface area (Å²) in [6.45, 7) is 4.21. The number of alkyl halides is 2. The van der Waals surface area contributed by atoms with Gasteiger partial charge in [0.25, 0.3) is 5.76 Å². The Morgan fingerprint density at radius 3 is 2.67 bits per heavy atom. The molecule has 0 aliphatic carbocycles. The van der Waals surface area contributed by atoms with E-state index in [0.29, 0.717) is 29.3 Å². The van der Waals surface area contributed by atoms with Gasteiger partial charge in [-0.1, -0.05) is 12.1 Å². The summed E-state index contributed by atoms with van der Waals surface area (Å²) in [5.41, 5.74) is 2.17. The Labute approximate surface area is 160 Å². The zero-order chi connectivity index (χ0) is 19.6. The molecule has 0 N–H and O–H groups in total. The summed E-state index contributed by atoms with van der Waals surface area (Å²) in [6, 6.07) is 7.09. The predicted octanol–water partition coefficient (Wildman–Crippen LogP) is 3.52. The second kappa shape index (κ2) is 8.08. The molecule has 0 atom stereocenters. The molecule has 6 nitrogen and oxygen atoms in total. The Morgan fingerprint density at radius 2 is 2.04 bits per heavy atom. The monoisotopic (exact) mass is 393 g/mol. The number of amides is 1. The fraction of sp³-hybridized carbons (Fsp3) is 0.389. The number of fused-ring (bicyclic) bond motifs is 1. The lowest BCUT2D eigenvalue weighted by Gasteiger charge is -2.27. The van der Waals surface area contributed by atoms with Gasteiger partial charge in [0.1, 0.15) is 6.54 Å². The molecule has 0 aliphatic rings. The minimum Gasteiger partial charge on any atom is -0.334 e. The van der Waals surface area contributed by atoms with Gasteiger partial charge in [-0.15, -0.1) is 0 Å². The van der Waals surface area contributed by atoms with Crippen LogP contribution in [0.3, 0.4) is 0 Å². The van der Waals surface area contributed by atoms with Crippen LogP contribution in [0.5, 0.6) is 0 Å². The molecule has 0 radical (unpaired) electrons. The molecule has 2 aromatic heterocycles. The smallest absolute Gasteiger partial charge is 0.291 e. The summed E-state index contributed by atoms with van der Waals surface area (Å²) in [5.74, 6) is -2.76. The van der Waals surface area contributed by atoms with Crippen LogP contribution in [0.2, 0.25) is 0 Å². The van der Waals surface area contributed by atoms with Crippen molar-refractivity contribution < 1.29 is 13.6 Å². The van der Waals surface area contributed by atoms with Gasteiger partial charge in [0.15, 0.2) is 5.16 Å². The molecule has 0 bridgehead atoms. The highest BCUT2D eigenvalue weighted by atomic mass is 32.2. The largest absolute Gasteiger partial charge is 0.334 e. The Morgan fingerprint density at radius 1 is 1.30 bits per heavy atom. The van der Waals surface area contributed by atoms with E-state index in [9.17, 15) is 13.6 Å². The number of carbonyl (C=O) groups is 1.